The van der Waals surface area contributed by atoms with Crippen molar-refractivity contribution in [1.29, 1.82) is 0 Å². The lowest BCUT2D eigenvalue weighted by atomic mass is 10.1. The Bertz CT molecular complexity index is 741. The van der Waals surface area contributed by atoms with E-state index in [0.29, 0.717) is 0 Å². The van der Waals surface area contributed by atoms with Gasteiger partial charge in [-0.3, -0.25) is 9.59 Å². The molecule has 0 unspecified atom stereocenters. The number of hydrogen-bond acceptors (Lipinski definition) is 2. The van der Waals surface area contributed by atoms with Crippen molar-refractivity contribution in [2.24, 2.45) is 0 Å². The Morgan fingerprint density at radius 2 is 1.90 bits per heavy atom. The van der Waals surface area contributed by atoms with Crippen LogP contribution in [0, 0.1) is 0 Å². The molecular weight excluding hydrogens is 309 g/mol. The van der Waals surface area contributed by atoms with Gasteiger partial charge in [-0.25, -0.2) is 0 Å². The molecule has 8 heteroatoms. The molecular formula is C13H8ClF3N2O2. The van der Waals surface area contributed by atoms with Crippen LogP contribution in [0.1, 0.15) is 15.9 Å². The molecule has 2 N–H and O–H groups in total. The predicted octanol–water partition coefficient (Wildman–Crippen LogP) is 3.30. The van der Waals surface area contributed by atoms with E-state index in [1.54, 1.807) is 0 Å². The number of aromatic amines is 1. The summed E-state index contributed by atoms with van der Waals surface area (Å²) in [6.45, 7) is 0. The Hall–Kier alpha value is -2.28. The zero-order valence-electron chi connectivity index (χ0n) is 10.3. The van der Waals surface area contributed by atoms with Gasteiger partial charge in [0.1, 0.15) is 5.56 Å². The van der Waals surface area contributed by atoms with E-state index < -0.39 is 28.9 Å². The fraction of sp³-hybridized carbons (Fsp3) is 0.0769. The molecule has 1 heterocycles. The van der Waals surface area contributed by atoms with Gasteiger partial charge in [-0.05, 0) is 18.2 Å². The topological polar surface area (TPSA) is 62.0 Å². The van der Waals surface area contributed by atoms with Gasteiger partial charge < -0.3 is 10.3 Å². The summed E-state index contributed by atoms with van der Waals surface area (Å²) in [5.74, 6) is -0.976. The van der Waals surface area contributed by atoms with Crippen LogP contribution >= 0.6 is 11.6 Å². The molecule has 0 aliphatic heterocycles. The molecule has 1 aromatic carbocycles. The molecule has 1 aromatic heterocycles. The van der Waals surface area contributed by atoms with Crippen molar-refractivity contribution in [3.63, 3.8) is 0 Å². The second-order valence-electron chi connectivity index (χ2n) is 4.06. The SMILES string of the molecule is O=C(Nc1ccccc1C(F)(F)F)c1cc(Cl)c[nH]c1=O. The van der Waals surface area contributed by atoms with Gasteiger partial charge in [0, 0.05) is 6.20 Å². The van der Waals surface area contributed by atoms with Crippen molar-refractivity contribution in [2.45, 2.75) is 6.18 Å². The van der Waals surface area contributed by atoms with Gasteiger partial charge in [-0.15, -0.1) is 0 Å². The van der Waals surface area contributed by atoms with Crippen molar-refractivity contribution in [1.82, 2.24) is 4.98 Å². The smallest absolute Gasteiger partial charge is 0.327 e. The molecule has 2 aromatic rings. The molecule has 0 aliphatic rings. The largest absolute Gasteiger partial charge is 0.418 e. The number of halogens is 4. The summed E-state index contributed by atoms with van der Waals surface area (Å²) in [6.07, 6.45) is -3.45. The van der Waals surface area contributed by atoms with E-state index in [-0.39, 0.29) is 10.6 Å². The normalized spacial score (nSPS) is 11.2. The maximum Gasteiger partial charge on any atom is 0.418 e. The Morgan fingerprint density at radius 3 is 2.57 bits per heavy atom. The lowest BCUT2D eigenvalue weighted by Gasteiger charge is -2.13. The van der Waals surface area contributed by atoms with Gasteiger partial charge in [0.05, 0.1) is 16.3 Å². The van der Waals surface area contributed by atoms with E-state index >= 15 is 0 Å². The van der Waals surface area contributed by atoms with Gasteiger partial charge in [-0.1, -0.05) is 23.7 Å². The molecule has 1 amide bonds. The summed E-state index contributed by atoms with van der Waals surface area (Å²) in [5.41, 5.74) is -2.56. The van der Waals surface area contributed by atoms with Crippen LogP contribution in [0.15, 0.2) is 41.3 Å². The maximum absolute atomic E-state index is 12.8. The third-order valence-corrected chi connectivity index (χ3v) is 2.81. The van der Waals surface area contributed by atoms with E-state index in [2.05, 4.69) is 10.3 Å². The van der Waals surface area contributed by atoms with Crippen LogP contribution in [0.25, 0.3) is 0 Å². The molecule has 0 saturated carbocycles. The molecule has 0 radical (unpaired) electrons. The molecule has 0 bridgehead atoms. The summed E-state index contributed by atoms with van der Waals surface area (Å²) < 4.78 is 38.4. The monoisotopic (exact) mass is 316 g/mol. The van der Waals surface area contributed by atoms with Crippen molar-refractivity contribution in [3.05, 3.63) is 63.0 Å². The number of pyridine rings is 1. The number of amides is 1. The number of carbonyl (C=O) groups is 1. The zero-order valence-corrected chi connectivity index (χ0v) is 11.0. The lowest BCUT2D eigenvalue weighted by Crippen LogP contribution is -2.24. The van der Waals surface area contributed by atoms with Gasteiger partial charge in [0.15, 0.2) is 0 Å². The third kappa shape index (κ3) is 3.43. The number of hydrogen-bond donors (Lipinski definition) is 2. The number of carbonyl (C=O) groups excluding carboxylic acids is 1. The van der Waals surface area contributed by atoms with Crippen molar-refractivity contribution in [2.75, 3.05) is 5.32 Å². The van der Waals surface area contributed by atoms with Crippen molar-refractivity contribution < 1.29 is 18.0 Å². The minimum absolute atomic E-state index is 0.0869. The van der Waals surface area contributed by atoms with E-state index in [9.17, 15) is 22.8 Å². The van der Waals surface area contributed by atoms with Crippen LogP contribution in [0.2, 0.25) is 5.02 Å². The zero-order chi connectivity index (χ0) is 15.6. The first kappa shape index (κ1) is 15.1. The molecule has 0 spiro atoms. The molecule has 0 saturated heterocycles. The molecule has 0 fully saturated rings. The molecule has 2 rings (SSSR count). The van der Waals surface area contributed by atoms with Crippen LogP contribution < -0.4 is 10.9 Å². The van der Waals surface area contributed by atoms with Crippen LogP contribution in [0.5, 0.6) is 0 Å². The number of H-pyrrole nitrogens is 1. The third-order valence-electron chi connectivity index (χ3n) is 2.59. The highest BCUT2D eigenvalue weighted by atomic mass is 35.5. The van der Waals surface area contributed by atoms with E-state index in [1.165, 1.54) is 18.3 Å². The second kappa shape index (κ2) is 5.61. The summed E-state index contributed by atoms with van der Waals surface area (Å²) >= 11 is 5.64. The summed E-state index contributed by atoms with van der Waals surface area (Å²) in [4.78, 5) is 25.6. The van der Waals surface area contributed by atoms with Crippen LogP contribution in [-0.4, -0.2) is 10.9 Å². The van der Waals surface area contributed by atoms with E-state index in [1.807, 2.05) is 0 Å². The maximum atomic E-state index is 12.8. The average molecular weight is 317 g/mol. The van der Waals surface area contributed by atoms with Crippen LogP contribution in [0.4, 0.5) is 18.9 Å². The fourth-order valence-electron chi connectivity index (χ4n) is 1.65. The summed E-state index contributed by atoms with van der Waals surface area (Å²) in [5, 5.41) is 2.15. The van der Waals surface area contributed by atoms with Crippen LogP contribution in [0.3, 0.4) is 0 Å². The first-order valence-electron chi connectivity index (χ1n) is 5.65. The summed E-state index contributed by atoms with van der Waals surface area (Å²) in [6, 6.07) is 5.54. The molecule has 0 atom stereocenters. The standard InChI is InChI=1S/C13H8ClF3N2O2/c14-7-5-8(11(20)18-6-7)12(21)19-10-4-2-1-3-9(10)13(15,16)17/h1-6H,(H,18,20)(H,19,21). The number of nitrogens with one attached hydrogen (secondary N) is 2. The van der Waals surface area contributed by atoms with Gasteiger partial charge >= 0.3 is 6.18 Å². The van der Waals surface area contributed by atoms with E-state index in [4.69, 9.17) is 11.6 Å². The minimum atomic E-state index is -4.62. The molecule has 110 valence electrons. The number of para-hydroxylation sites is 1. The summed E-state index contributed by atoms with van der Waals surface area (Å²) in [7, 11) is 0. The Morgan fingerprint density at radius 1 is 1.24 bits per heavy atom. The van der Waals surface area contributed by atoms with Gasteiger partial charge in [-0.2, -0.15) is 13.2 Å². The Labute approximate surface area is 121 Å². The highest BCUT2D eigenvalue weighted by Gasteiger charge is 2.33. The lowest BCUT2D eigenvalue weighted by molar-refractivity contribution is -0.136. The van der Waals surface area contributed by atoms with Crippen LogP contribution in [-0.2, 0) is 6.18 Å². The highest BCUT2D eigenvalue weighted by Crippen LogP contribution is 2.34. The highest BCUT2D eigenvalue weighted by molar-refractivity contribution is 6.30. The number of anilines is 1. The number of alkyl halides is 3. The predicted molar refractivity (Wildman–Crippen MR) is 71.5 cm³/mol. The molecule has 0 aliphatic carbocycles. The molecule has 21 heavy (non-hydrogen) atoms. The van der Waals surface area contributed by atoms with Crippen molar-refractivity contribution >= 4 is 23.2 Å². The second-order valence-corrected chi connectivity index (χ2v) is 4.49. The Kier molecular flexibility index (Phi) is 4.04. The first-order valence-corrected chi connectivity index (χ1v) is 6.02. The quantitative estimate of drug-likeness (QED) is 0.893. The minimum Gasteiger partial charge on any atom is -0.327 e. The number of rotatable bonds is 2. The molecule has 4 nitrogen and oxygen atoms in total. The number of aromatic nitrogens is 1. The fourth-order valence-corrected chi connectivity index (χ4v) is 1.82. The first-order chi connectivity index (χ1) is 9.79. The van der Waals surface area contributed by atoms with Gasteiger partial charge in [0.2, 0.25) is 0 Å². The average Bonchev–Trinajstić information content (AvgIpc) is 2.41. The number of benzene rings is 1. The van der Waals surface area contributed by atoms with E-state index in [0.717, 1.165) is 18.2 Å². The Balaban J connectivity index is 2.37. The van der Waals surface area contributed by atoms with Gasteiger partial charge in [0.25, 0.3) is 11.5 Å². The van der Waals surface area contributed by atoms with Crippen molar-refractivity contribution in [3.8, 4) is 0 Å².